The van der Waals surface area contributed by atoms with E-state index in [1.54, 1.807) is 42.7 Å². The minimum absolute atomic E-state index is 0.106. The molecule has 1 N–H and O–H groups in total. The summed E-state index contributed by atoms with van der Waals surface area (Å²) in [5.74, 6) is -1.32. The molecule has 5 heteroatoms. The fourth-order valence-corrected chi connectivity index (χ4v) is 2.70. The molecule has 0 fully saturated rings. The smallest absolute Gasteiger partial charge is 0.337 e. The van der Waals surface area contributed by atoms with Gasteiger partial charge in [-0.1, -0.05) is 12.1 Å². The Kier molecular flexibility index (Phi) is 4.55. The van der Waals surface area contributed by atoms with Crippen molar-refractivity contribution in [1.29, 1.82) is 0 Å². The van der Waals surface area contributed by atoms with Gasteiger partial charge in [-0.3, -0.25) is 4.79 Å². The number of anilines is 1. The highest BCUT2D eigenvalue weighted by atomic mass is 32.1. The van der Waals surface area contributed by atoms with E-state index < -0.39 is 5.97 Å². The largest absolute Gasteiger partial charge is 0.478 e. The molecule has 2 rings (SSSR count). The molecule has 108 valence electrons. The lowest BCUT2D eigenvalue weighted by Crippen LogP contribution is -2.25. The normalized spacial score (nSPS) is 10.8. The molecule has 21 heavy (non-hydrogen) atoms. The summed E-state index contributed by atoms with van der Waals surface area (Å²) < 4.78 is 0. The summed E-state index contributed by atoms with van der Waals surface area (Å²) >= 11 is 1.56. The van der Waals surface area contributed by atoms with Crippen LogP contribution >= 0.6 is 11.3 Å². The molecule has 0 saturated carbocycles. The van der Waals surface area contributed by atoms with E-state index >= 15 is 0 Å². The molecule has 0 unspecified atom stereocenters. The van der Waals surface area contributed by atoms with Gasteiger partial charge in [-0.2, -0.15) is 0 Å². The predicted molar refractivity (Wildman–Crippen MR) is 84.9 cm³/mol. The number of para-hydroxylation sites is 1. The van der Waals surface area contributed by atoms with Gasteiger partial charge in [-0.05, 0) is 42.1 Å². The average Bonchev–Trinajstić information content (AvgIpc) is 2.89. The van der Waals surface area contributed by atoms with Gasteiger partial charge < -0.3 is 10.0 Å². The van der Waals surface area contributed by atoms with Crippen LogP contribution in [0, 0.1) is 6.92 Å². The third-order valence-electron chi connectivity index (χ3n) is 3.11. The molecule has 1 aromatic carbocycles. The maximum atomic E-state index is 12.2. The van der Waals surface area contributed by atoms with Crippen LogP contribution in [0.1, 0.15) is 20.8 Å². The molecule has 1 aromatic heterocycles. The first-order chi connectivity index (χ1) is 10.0. The van der Waals surface area contributed by atoms with E-state index in [4.69, 9.17) is 5.11 Å². The summed E-state index contributed by atoms with van der Waals surface area (Å²) in [6.07, 6.45) is 3.21. The second-order valence-corrected chi connectivity index (χ2v) is 5.47. The highest BCUT2D eigenvalue weighted by Gasteiger charge is 2.16. The topological polar surface area (TPSA) is 57.6 Å². The molecule has 0 radical (unpaired) electrons. The molecule has 0 saturated heterocycles. The van der Waals surface area contributed by atoms with Crippen molar-refractivity contribution in [2.45, 2.75) is 6.92 Å². The van der Waals surface area contributed by atoms with Crippen molar-refractivity contribution < 1.29 is 14.7 Å². The van der Waals surface area contributed by atoms with E-state index in [1.807, 2.05) is 18.4 Å². The van der Waals surface area contributed by atoms with E-state index in [2.05, 4.69) is 0 Å². The van der Waals surface area contributed by atoms with E-state index in [0.29, 0.717) is 5.69 Å². The minimum atomic E-state index is -1.05. The average molecular weight is 301 g/mol. The Morgan fingerprint density at radius 2 is 1.95 bits per heavy atom. The molecule has 0 aliphatic carbocycles. The molecule has 1 heterocycles. The first kappa shape index (κ1) is 15.0. The first-order valence-electron chi connectivity index (χ1n) is 6.33. The van der Waals surface area contributed by atoms with Gasteiger partial charge in [0.15, 0.2) is 0 Å². The number of aryl methyl sites for hydroxylation is 1. The summed E-state index contributed by atoms with van der Waals surface area (Å²) in [6, 6.07) is 8.42. The number of rotatable bonds is 4. The Labute approximate surface area is 127 Å². The van der Waals surface area contributed by atoms with Crippen LogP contribution in [-0.4, -0.2) is 24.0 Å². The van der Waals surface area contributed by atoms with Gasteiger partial charge in [-0.25, -0.2) is 4.79 Å². The number of carboxylic acid groups (broad SMARTS) is 1. The molecule has 0 aliphatic heterocycles. The van der Waals surface area contributed by atoms with Crippen LogP contribution in [-0.2, 0) is 4.79 Å². The van der Waals surface area contributed by atoms with Crippen LogP contribution in [0.15, 0.2) is 41.8 Å². The van der Waals surface area contributed by atoms with Crippen molar-refractivity contribution in [3.8, 4) is 0 Å². The number of hydrogen-bond acceptors (Lipinski definition) is 3. The summed E-state index contributed by atoms with van der Waals surface area (Å²) in [6.45, 7) is 1.98. The third kappa shape index (κ3) is 3.38. The third-order valence-corrected chi connectivity index (χ3v) is 4.09. The Balaban J connectivity index is 2.22. The summed E-state index contributed by atoms with van der Waals surface area (Å²) in [7, 11) is 1.57. The molecule has 0 aliphatic rings. The number of carbonyl (C=O) groups is 2. The maximum Gasteiger partial charge on any atom is 0.337 e. The van der Waals surface area contributed by atoms with Crippen LogP contribution in [0.2, 0.25) is 0 Å². The number of carbonyl (C=O) groups excluding carboxylic acids is 1. The van der Waals surface area contributed by atoms with Crippen LogP contribution in [0.3, 0.4) is 0 Å². The van der Waals surface area contributed by atoms with Crippen molar-refractivity contribution in [3.63, 3.8) is 0 Å². The number of nitrogens with zero attached hydrogens (tertiary/aromatic N) is 1. The fourth-order valence-electron chi connectivity index (χ4n) is 1.88. The van der Waals surface area contributed by atoms with Crippen molar-refractivity contribution in [2.24, 2.45) is 0 Å². The number of carboxylic acids is 1. The van der Waals surface area contributed by atoms with Crippen molar-refractivity contribution in [3.05, 3.63) is 57.8 Å². The first-order valence-corrected chi connectivity index (χ1v) is 7.21. The van der Waals surface area contributed by atoms with Gasteiger partial charge in [0.05, 0.1) is 11.3 Å². The Hall–Kier alpha value is -2.40. The molecular formula is C16H15NO3S. The highest BCUT2D eigenvalue weighted by Crippen LogP contribution is 2.21. The monoisotopic (exact) mass is 301 g/mol. The maximum absolute atomic E-state index is 12.2. The fraction of sp³-hybridized carbons (Fsp3) is 0.125. The quantitative estimate of drug-likeness (QED) is 0.880. The van der Waals surface area contributed by atoms with E-state index in [9.17, 15) is 9.59 Å². The SMILES string of the molecule is Cc1ccsc1/C=C/C(=O)N(C)c1ccccc1C(=O)O. The Morgan fingerprint density at radius 1 is 1.24 bits per heavy atom. The number of aromatic carboxylic acids is 1. The molecule has 0 atom stereocenters. The van der Waals surface area contributed by atoms with Crippen LogP contribution in [0.4, 0.5) is 5.69 Å². The number of likely N-dealkylation sites (N-methyl/N-ethyl adjacent to an activating group) is 1. The van der Waals surface area contributed by atoms with Crippen molar-refractivity contribution in [1.82, 2.24) is 0 Å². The summed E-state index contributed by atoms with van der Waals surface area (Å²) in [5, 5.41) is 11.1. The molecule has 0 spiro atoms. The van der Waals surface area contributed by atoms with Crippen molar-refractivity contribution in [2.75, 3.05) is 11.9 Å². The molecule has 1 amide bonds. The van der Waals surface area contributed by atoms with E-state index in [1.165, 1.54) is 17.0 Å². The van der Waals surface area contributed by atoms with Gasteiger partial charge in [0.1, 0.15) is 0 Å². The Morgan fingerprint density at radius 3 is 2.57 bits per heavy atom. The zero-order valence-electron chi connectivity index (χ0n) is 11.7. The van der Waals surface area contributed by atoms with Gasteiger partial charge in [0.25, 0.3) is 5.91 Å². The van der Waals surface area contributed by atoms with Gasteiger partial charge >= 0.3 is 5.97 Å². The van der Waals surface area contributed by atoms with E-state index in [0.717, 1.165) is 10.4 Å². The standard InChI is InChI=1S/C16H15NO3S/c1-11-9-10-21-14(11)7-8-15(18)17(2)13-6-4-3-5-12(13)16(19)20/h3-10H,1-2H3,(H,19,20)/b8-7+. The number of benzene rings is 1. The van der Waals surface area contributed by atoms with Crippen LogP contribution in [0.5, 0.6) is 0 Å². The van der Waals surface area contributed by atoms with E-state index in [-0.39, 0.29) is 11.5 Å². The van der Waals surface area contributed by atoms with Crippen LogP contribution in [0.25, 0.3) is 6.08 Å². The molecule has 4 nitrogen and oxygen atoms in total. The second-order valence-electron chi connectivity index (χ2n) is 4.52. The van der Waals surface area contributed by atoms with Gasteiger partial charge in [-0.15, -0.1) is 11.3 Å². The predicted octanol–water partition coefficient (Wildman–Crippen LogP) is 3.43. The van der Waals surface area contributed by atoms with Gasteiger partial charge in [0.2, 0.25) is 0 Å². The summed E-state index contributed by atoms with van der Waals surface area (Å²) in [5.41, 5.74) is 1.59. The highest BCUT2D eigenvalue weighted by molar-refractivity contribution is 7.11. The summed E-state index contributed by atoms with van der Waals surface area (Å²) in [4.78, 5) is 25.7. The Bertz CT molecular complexity index is 703. The van der Waals surface area contributed by atoms with Gasteiger partial charge in [0, 0.05) is 18.0 Å². The lowest BCUT2D eigenvalue weighted by molar-refractivity contribution is -0.113. The van der Waals surface area contributed by atoms with Crippen LogP contribution < -0.4 is 4.90 Å². The zero-order chi connectivity index (χ0) is 15.4. The second kappa shape index (κ2) is 6.37. The molecule has 0 bridgehead atoms. The lowest BCUT2D eigenvalue weighted by Gasteiger charge is -2.17. The number of thiophene rings is 1. The molecular weight excluding hydrogens is 286 g/mol. The minimum Gasteiger partial charge on any atom is -0.478 e. The zero-order valence-corrected chi connectivity index (χ0v) is 12.6. The number of hydrogen-bond donors (Lipinski definition) is 1. The molecule has 2 aromatic rings. The van der Waals surface area contributed by atoms with Crippen molar-refractivity contribution >= 4 is 35.0 Å². The lowest BCUT2D eigenvalue weighted by atomic mass is 10.1. The number of amides is 1.